The third-order valence-electron chi connectivity index (χ3n) is 0. The molecular formula is C4H11CsO. The van der Waals surface area contributed by atoms with E-state index in [0.717, 1.165) is 0 Å². The van der Waals surface area contributed by atoms with Gasteiger partial charge in [-0.3, -0.25) is 0 Å². The molecule has 0 spiro atoms. The van der Waals surface area contributed by atoms with Crippen molar-refractivity contribution in [2.24, 2.45) is 0 Å². The summed E-state index contributed by atoms with van der Waals surface area (Å²) in [5.74, 6) is 0. The molecule has 0 rings (SSSR count). The fourth-order valence-electron chi connectivity index (χ4n) is 0. The summed E-state index contributed by atoms with van der Waals surface area (Å²) in [7, 11) is 0. The summed E-state index contributed by atoms with van der Waals surface area (Å²) >= 11 is 0. The molecule has 0 fully saturated rings. The van der Waals surface area contributed by atoms with E-state index in [2.05, 4.69) is 0 Å². The standard InChI is InChI=1S/C4H10O.Cs.H/c1-4(2,3)5;;/h5H,1-3H3;;/q;+1;-1. The average molecular weight is 208 g/mol. The van der Waals surface area contributed by atoms with Crippen LogP contribution in [0.4, 0.5) is 0 Å². The number of hydrogen-bond donors (Lipinski definition) is 1. The van der Waals surface area contributed by atoms with E-state index in [-0.39, 0.29) is 70.3 Å². The fraction of sp³-hybridized carbons (Fsp3) is 1.00. The van der Waals surface area contributed by atoms with Crippen LogP contribution < -0.4 is 68.9 Å². The Balaban J connectivity index is -0.0000000800. The number of aliphatic hydroxyl groups is 1. The predicted octanol–water partition coefficient (Wildman–Crippen LogP) is -2.11. The van der Waals surface area contributed by atoms with Gasteiger partial charge in [0.25, 0.3) is 0 Å². The summed E-state index contributed by atoms with van der Waals surface area (Å²) in [5, 5.41) is 8.52. The van der Waals surface area contributed by atoms with E-state index in [9.17, 15) is 0 Å². The molecule has 0 unspecified atom stereocenters. The largest absolute Gasteiger partial charge is 1.00 e. The predicted molar refractivity (Wildman–Crippen MR) is 23.1 cm³/mol. The van der Waals surface area contributed by atoms with Gasteiger partial charge in [-0.25, -0.2) is 0 Å². The minimum absolute atomic E-state index is 0. The summed E-state index contributed by atoms with van der Waals surface area (Å²) in [5.41, 5.74) is -0.500. The zero-order valence-electron chi connectivity index (χ0n) is 5.95. The van der Waals surface area contributed by atoms with E-state index in [1.54, 1.807) is 20.8 Å². The molecule has 0 aliphatic carbocycles. The van der Waals surface area contributed by atoms with Crippen molar-refractivity contribution in [1.29, 1.82) is 0 Å². The minimum Gasteiger partial charge on any atom is -1.00 e. The monoisotopic (exact) mass is 208 g/mol. The molecule has 0 aromatic heterocycles. The van der Waals surface area contributed by atoms with Crippen LogP contribution in [0, 0.1) is 0 Å². The van der Waals surface area contributed by atoms with Crippen LogP contribution in [0.15, 0.2) is 0 Å². The van der Waals surface area contributed by atoms with E-state index in [1.807, 2.05) is 0 Å². The smallest absolute Gasteiger partial charge is 1.00 e. The second kappa shape index (κ2) is 3.95. The van der Waals surface area contributed by atoms with Crippen molar-refractivity contribution < 1.29 is 75.4 Å². The molecular weight excluding hydrogens is 197 g/mol. The van der Waals surface area contributed by atoms with Crippen molar-refractivity contribution in [3.63, 3.8) is 0 Å². The van der Waals surface area contributed by atoms with Gasteiger partial charge in [0.2, 0.25) is 0 Å². The van der Waals surface area contributed by atoms with Gasteiger partial charge < -0.3 is 6.53 Å². The summed E-state index contributed by atoms with van der Waals surface area (Å²) in [4.78, 5) is 0. The zero-order chi connectivity index (χ0) is 4.50. The Kier molecular flexibility index (Phi) is 7.17. The summed E-state index contributed by atoms with van der Waals surface area (Å²) in [6, 6.07) is 0. The number of hydrogen-bond acceptors (Lipinski definition) is 1. The zero-order valence-corrected chi connectivity index (χ0v) is 11.2. The quantitative estimate of drug-likeness (QED) is 0.483. The molecule has 2 heteroatoms. The first-order valence-electron chi connectivity index (χ1n) is 1.72. The van der Waals surface area contributed by atoms with Crippen LogP contribution in [0.2, 0.25) is 0 Å². The normalized spacial score (nSPS) is 10.0. The molecule has 0 saturated carbocycles. The Labute approximate surface area is 99.4 Å². The van der Waals surface area contributed by atoms with Gasteiger partial charge >= 0.3 is 68.9 Å². The summed E-state index contributed by atoms with van der Waals surface area (Å²) in [6.45, 7) is 5.23. The molecule has 1 nitrogen and oxygen atoms in total. The van der Waals surface area contributed by atoms with E-state index < -0.39 is 5.60 Å². The first-order valence-corrected chi connectivity index (χ1v) is 1.72. The van der Waals surface area contributed by atoms with Gasteiger partial charge in [0.15, 0.2) is 0 Å². The van der Waals surface area contributed by atoms with Gasteiger partial charge in [0.05, 0.1) is 5.60 Å². The van der Waals surface area contributed by atoms with E-state index in [4.69, 9.17) is 5.11 Å². The summed E-state index contributed by atoms with van der Waals surface area (Å²) < 4.78 is 0. The topological polar surface area (TPSA) is 20.2 Å². The second-order valence-electron chi connectivity index (χ2n) is 2.17. The Morgan fingerprint density at radius 2 is 1.33 bits per heavy atom. The molecule has 0 atom stereocenters. The second-order valence-corrected chi connectivity index (χ2v) is 2.17. The molecule has 0 heterocycles. The molecule has 0 aromatic carbocycles. The van der Waals surface area contributed by atoms with Crippen molar-refractivity contribution in [3.05, 3.63) is 0 Å². The molecule has 0 aliphatic heterocycles. The average Bonchev–Trinajstić information content (AvgIpc) is 0.722. The van der Waals surface area contributed by atoms with Crippen LogP contribution in [-0.2, 0) is 0 Å². The first-order chi connectivity index (χ1) is 2.00. The van der Waals surface area contributed by atoms with Gasteiger partial charge in [-0.1, -0.05) is 0 Å². The van der Waals surface area contributed by atoms with Gasteiger partial charge in [-0.05, 0) is 20.8 Å². The molecule has 0 bridgehead atoms. The van der Waals surface area contributed by atoms with Crippen molar-refractivity contribution >= 4 is 0 Å². The van der Waals surface area contributed by atoms with E-state index in [0.29, 0.717) is 0 Å². The van der Waals surface area contributed by atoms with Crippen LogP contribution in [0.1, 0.15) is 22.2 Å². The van der Waals surface area contributed by atoms with Gasteiger partial charge in [0.1, 0.15) is 0 Å². The minimum atomic E-state index is -0.500. The SMILES string of the molecule is CC(C)(C)O.[Cs+].[H-]. The summed E-state index contributed by atoms with van der Waals surface area (Å²) in [6.07, 6.45) is 0. The maximum absolute atomic E-state index is 8.52. The molecule has 6 heavy (non-hydrogen) atoms. The maximum Gasteiger partial charge on any atom is 1.00 e. The van der Waals surface area contributed by atoms with Gasteiger partial charge in [-0.2, -0.15) is 0 Å². The Morgan fingerprint density at radius 1 is 1.33 bits per heavy atom. The van der Waals surface area contributed by atoms with Gasteiger partial charge in [0, 0.05) is 0 Å². The van der Waals surface area contributed by atoms with E-state index >= 15 is 0 Å². The van der Waals surface area contributed by atoms with Crippen molar-refractivity contribution in [1.82, 2.24) is 0 Å². The number of rotatable bonds is 0. The van der Waals surface area contributed by atoms with E-state index in [1.165, 1.54) is 0 Å². The van der Waals surface area contributed by atoms with Crippen LogP contribution in [0.25, 0.3) is 0 Å². The Hall–Kier alpha value is 2.01. The fourth-order valence-corrected chi connectivity index (χ4v) is 0. The molecule has 0 amide bonds. The molecule has 0 aromatic rings. The maximum atomic E-state index is 8.52. The third kappa shape index (κ3) is 37.3. The first kappa shape index (κ1) is 10.9. The van der Waals surface area contributed by atoms with Crippen molar-refractivity contribution in [2.45, 2.75) is 26.4 Å². The molecule has 0 radical (unpaired) electrons. The van der Waals surface area contributed by atoms with Gasteiger partial charge in [-0.15, -0.1) is 0 Å². The Bertz CT molecular complexity index is 27.2. The van der Waals surface area contributed by atoms with Crippen molar-refractivity contribution in [3.8, 4) is 0 Å². The van der Waals surface area contributed by atoms with Crippen LogP contribution in [0.3, 0.4) is 0 Å². The van der Waals surface area contributed by atoms with Crippen molar-refractivity contribution in [2.75, 3.05) is 0 Å². The molecule has 34 valence electrons. The van der Waals surface area contributed by atoms with Crippen LogP contribution in [0.5, 0.6) is 0 Å². The van der Waals surface area contributed by atoms with Crippen LogP contribution in [-0.4, -0.2) is 10.7 Å². The molecule has 0 aliphatic rings. The molecule has 0 saturated heterocycles. The molecule has 1 N–H and O–H groups in total. The Morgan fingerprint density at radius 3 is 1.33 bits per heavy atom. The third-order valence-corrected chi connectivity index (χ3v) is 0. The van der Waals surface area contributed by atoms with Crippen LogP contribution >= 0.6 is 0 Å².